The molecule has 0 aliphatic heterocycles. The molecule has 2 unspecified atom stereocenters. The van der Waals surface area contributed by atoms with Crippen LogP contribution < -0.4 is 5.32 Å². The molecule has 1 aromatic heterocycles. The minimum Gasteiger partial charge on any atom is -0.465 e. The number of ether oxygens (including phenoxy) is 1. The van der Waals surface area contributed by atoms with Crippen molar-refractivity contribution in [2.24, 2.45) is 0 Å². The van der Waals surface area contributed by atoms with Crippen molar-refractivity contribution in [3.05, 3.63) is 12.0 Å². The van der Waals surface area contributed by atoms with E-state index in [2.05, 4.69) is 10.3 Å². The molecule has 5 nitrogen and oxygen atoms in total. The van der Waals surface area contributed by atoms with Gasteiger partial charge in [0.15, 0.2) is 0 Å². The lowest BCUT2D eigenvalue weighted by atomic mass is 9.81. The number of aromatic nitrogens is 1. The maximum Gasteiger partial charge on any atom is 0.326 e. The Hall–Kier alpha value is -1.01. The second-order valence-electron chi connectivity index (χ2n) is 5.14. The number of likely N-dealkylation sites (N-methyl/N-ethyl adjacent to an activating group) is 1. The average molecular weight is 298 g/mol. The van der Waals surface area contributed by atoms with Crippen LogP contribution in [0, 0.1) is 6.92 Å². The lowest BCUT2D eigenvalue weighted by Crippen LogP contribution is -2.54. The molecular formula is C14H22N2O3S. The van der Waals surface area contributed by atoms with Crippen LogP contribution in [0.25, 0.3) is 0 Å². The molecule has 20 heavy (non-hydrogen) atoms. The predicted molar refractivity (Wildman–Crippen MR) is 77.8 cm³/mol. The molecule has 0 aromatic carbocycles. The highest BCUT2D eigenvalue weighted by Crippen LogP contribution is 2.38. The number of rotatable bonds is 5. The second-order valence-corrected chi connectivity index (χ2v) is 6.40. The van der Waals surface area contributed by atoms with Crippen LogP contribution in [-0.4, -0.2) is 35.4 Å². The van der Waals surface area contributed by atoms with Crippen LogP contribution in [0.15, 0.2) is 15.9 Å². The van der Waals surface area contributed by atoms with E-state index < -0.39 is 5.54 Å². The van der Waals surface area contributed by atoms with Gasteiger partial charge in [-0.05, 0) is 46.6 Å². The zero-order valence-corrected chi connectivity index (χ0v) is 13.1. The molecule has 1 N–H and O–H groups in total. The van der Waals surface area contributed by atoms with Crippen molar-refractivity contribution in [2.45, 2.75) is 55.5 Å². The summed E-state index contributed by atoms with van der Waals surface area (Å²) in [7, 11) is 1.83. The minimum absolute atomic E-state index is 0.142. The average Bonchev–Trinajstić information content (AvgIpc) is 2.84. The number of hydrogen-bond donors (Lipinski definition) is 1. The van der Waals surface area contributed by atoms with Crippen molar-refractivity contribution in [1.82, 2.24) is 10.3 Å². The Morgan fingerprint density at radius 2 is 2.50 bits per heavy atom. The van der Waals surface area contributed by atoms with Gasteiger partial charge < -0.3 is 14.5 Å². The van der Waals surface area contributed by atoms with Crippen molar-refractivity contribution >= 4 is 17.7 Å². The van der Waals surface area contributed by atoms with E-state index in [0.717, 1.165) is 31.4 Å². The first-order chi connectivity index (χ1) is 9.59. The van der Waals surface area contributed by atoms with E-state index in [1.54, 1.807) is 18.0 Å². The Balaban J connectivity index is 2.04. The lowest BCUT2D eigenvalue weighted by molar-refractivity contribution is -0.152. The van der Waals surface area contributed by atoms with Gasteiger partial charge in [0.25, 0.3) is 5.22 Å². The topological polar surface area (TPSA) is 64.4 Å². The fourth-order valence-electron chi connectivity index (χ4n) is 2.64. The summed E-state index contributed by atoms with van der Waals surface area (Å²) in [5.74, 6) is -0.142. The van der Waals surface area contributed by atoms with Gasteiger partial charge in [-0.15, -0.1) is 0 Å². The van der Waals surface area contributed by atoms with E-state index >= 15 is 0 Å². The second kappa shape index (κ2) is 6.63. The Morgan fingerprint density at radius 3 is 3.10 bits per heavy atom. The predicted octanol–water partition coefficient (Wildman–Crippen LogP) is 2.54. The van der Waals surface area contributed by atoms with Gasteiger partial charge >= 0.3 is 5.97 Å². The number of oxazole rings is 1. The summed E-state index contributed by atoms with van der Waals surface area (Å²) in [5.41, 5.74) is 0.321. The molecule has 1 fully saturated rings. The van der Waals surface area contributed by atoms with E-state index in [4.69, 9.17) is 9.15 Å². The normalized spacial score (nSPS) is 26.4. The van der Waals surface area contributed by atoms with Crippen LogP contribution in [0.2, 0.25) is 0 Å². The van der Waals surface area contributed by atoms with E-state index in [0.29, 0.717) is 17.1 Å². The smallest absolute Gasteiger partial charge is 0.326 e. The van der Waals surface area contributed by atoms with E-state index in [1.807, 2.05) is 20.9 Å². The number of aryl methyl sites for hydroxylation is 1. The SMILES string of the molecule is CCOC(=O)C1(NC)CCCC(Sc2nc(C)co2)C1. The van der Waals surface area contributed by atoms with Gasteiger partial charge in [-0.1, -0.05) is 11.8 Å². The number of carbonyl (C=O) groups is 1. The van der Waals surface area contributed by atoms with Crippen molar-refractivity contribution in [1.29, 1.82) is 0 Å². The fraction of sp³-hybridized carbons (Fsp3) is 0.714. The number of esters is 1. The zero-order valence-electron chi connectivity index (χ0n) is 12.3. The first kappa shape index (κ1) is 15.4. The molecular weight excluding hydrogens is 276 g/mol. The molecule has 1 heterocycles. The van der Waals surface area contributed by atoms with Crippen LogP contribution in [-0.2, 0) is 9.53 Å². The number of thioether (sulfide) groups is 1. The van der Waals surface area contributed by atoms with Gasteiger partial charge in [-0.25, -0.2) is 4.98 Å². The van der Waals surface area contributed by atoms with Crippen LogP contribution in [0.5, 0.6) is 0 Å². The van der Waals surface area contributed by atoms with Crippen LogP contribution in [0.1, 0.15) is 38.3 Å². The molecule has 1 aromatic rings. The van der Waals surface area contributed by atoms with Crippen molar-refractivity contribution in [2.75, 3.05) is 13.7 Å². The molecule has 0 bridgehead atoms. The molecule has 2 atom stereocenters. The summed E-state index contributed by atoms with van der Waals surface area (Å²) in [6, 6.07) is 0. The maximum absolute atomic E-state index is 12.2. The standard InChI is InChI=1S/C14H22N2O3S/c1-4-18-12(17)14(15-3)7-5-6-11(8-14)20-13-16-10(2)9-19-13/h9,11,15H,4-8H2,1-3H3. The molecule has 0 amide bonds. The van der Waals surface area contributed by atoms with Crippen molar-refractivity contribution in [3.8, 4) is 0 Å². The highest BCUT2D eigenvalue weighted by molar-refractivity contribution is 7.99. The zero-order chi connectivity index (χ0) is 14.6. The molecule has 1 aliphatic rings. The summed E-state index contributed by atoms with van der Waals surface area (Å²) in [4.78, 5) is 16.5. The number of nitrogens with one attached hydrogen (secondary N) is 1. The first-order valence-electron chi connectivity index (χ1n) is 7.04. The summed E-state index contributed by atoms with van der Waals surface area (Å²) in [6.07, 6.45) is 5.28. The highest BCUT2D eigenvalue weighted by Gasteiger charge is 2.43. The third-order valence-electron chi connectivity index (χ3n) is 3.72. The first-order valence-corrected chi connectivity index (χ1v) is 7.92. The Morgan fingerprint density at radius 1 is 1.70 bits per heavy atom. The molecule has 6 heteroatoms. The van der Waals surface area contributed by atoms with Gasteiger partial charge in [-0.2, -0.15) is 0 Å². The molecule has 0 radical (unpaired) electrons. The minimum atomic E-state index is -0.562. The number of carbonyl (C=O) groups excluding carboxylic acids is 1. The van der Waals surface area contributed by atoms with Gasteiger partial charge in [0, 0.05) is 5.25 Å². The van der Waals surface area contributed by atoms with Crippen LogP contribution >= 0.6 is 11.8 Å². The summed E-state index contributed by atoms with van der Waals surface area (Å²) in [5, 5.41) is 4.19. The number of nitrogens with zero attached hydrogens (tertiary/aromatic N) is 1. The van der Waals surface area contributed by atoms with Gasteiger partial charge in [-0.3, -0.25) is 4.79 Å². The molecule has 1 aliphatic carbocycles. The highest BCUT2D eigenvalue weighted by atomic mass is 32.2. The molecule has 1 saturated carbocycles. The summed E-state index contributed by atoms with van der Waals surface area (Å²) >= 11 is 1.61. The third kappa shape index (κ3) is 3.35. The Kier molecular flexibility index (Phi) is 5.10. The summed E-state index contributed by atoms with van der Waals surface area (Å²) < 4.78 is 10.6. The monoisotopic (exact) mass is 298 g/mol. The van der Waals surface area contributed by atoms with Crippen molar-refractivity contribution < 1.29 is 13.9 Å². The fourth-order valence-corrected chi connectivity index (χ4v) is 3.88. The molecule has 0 saturated heterocycles. The van der Waals surface area contributed by atoms with Crippen LogP contribution in [0.3, 0.4) is 0 Å². The van der Waals surface area contributed by atoms with Crippen LogP contribution in [0.4, 0.5) is 0 Å². The molecule has 2 rings (SSSR count). The summed E-state index contributed by atoms with van der Waals surface area (Å²) in [6.45, 7) is 4.16. The lowest BCUT2D eigenvalue weighted by Gasteiger charge is -2.37. The quantitative estimate of drug-likeness (QED) is 0.843. The maximum atomic E-state index is 12.2. The van der Waals surface area contributed by atoms with E-state index in [1.165, 1.54) is 0 Å². The largest absolute Gasteiger partial charge is 0.465 e. The van der Waals surface area contributed by atoms with Gasteiger partial charge in [0.05, 0.1) is 12.3 Å². The molecule has 0 spiro atoms. The third-order valence-corrected chi connectivity index (χ3v) is 4.84. The van der Waals surface area contributed by atoms with Gasteiger partial charge in [0.1, 0.15) is 11.8 Å². The van der Waals surface area contributed by atoms with Crippen molar-refractivity contribution in [3.63, 3.8) is 0 Å². The van der Waals surface area contributed by atoms with Gasteiger partial charge in [0.2, 0.25) is 0 Å². The number of hydrogen-bond acceptors (Lipinski definition) is 6. The Labute approximate surface area is 123 Å². The van der Waals surface area contributed by atoms with E-state index in [9.17, 15) is 4.79 Å². The molecule has 112 valence electrons. The Bertz CT molecular complexity index is 463. The van der Waals surface area contributed by atoms with E-state index in [-0.39, 0.29) is 5.97 Å².